The van der Waals surface area contributed by atoms with E-state index in [1.165, 1.54) is 24.3 Å². The van der Waals surface area contributed by atoms with Crippen molar-refractivity contribution in [3.05, 3.63) is 60.2 Å². The van der Waals surface area contributed by atoms with E-state index in [0.717, 1.165) is 0 Å². The molecule has 0 aliphatic rings. The molecule has 106 valence electrons. The van der Waals surface area contributed by atoms with Crippen molar-refractivity contribution in [2.24, 2.45) is 5.16 Å². The van der Waals surface area contributed by atoms with E-state index in [-0.39, 0.29) is 16.4 Å². The van der Waals surface area contributed by atoms with Crippen LogP contribution in [0, 0.1) is 11.3 Å². The Balaban J connectivity index is 2.26. The number of nitrogens with zero attached hydrogens (tertiary/aromatic N) is 2. The molecule has 0 unspecified atom stereocenters. The zero-order valence-electron chi connectivity index (χ0n) is 10.7. The molecule has 0 heterocycles. The first-order valence-corrected chi connectivity index (χ1v) is 7.20. The lowest BCUT2D eigenvalue weighted by atomic mass is 10.1. The number of aromatic hydroxyl groups is 1. The average Bonchev–Trinajstić information content (AvgIpc) is 2.49. The lowest BCUT2D eigenvalue weighted by Crippen LogP contribution is -2.05. The summed E-state index contributed by atoms with van der Waals surface area (Å²) < 4.78 is 28.3. The van der Waals surface area contributed by atoms with Crippen molar-refractivity contribution in [3.8, 4) is 11.8 Å². The van der Waals surface area contributed by atoms with Crippen LogP contribution in [0.3, 0.4) is 0 Å². The van der Waals surface area contributed by atoms with Gasteiger partial charge >= 0.3 is 10.1 Å². The molecule has 0 radical (unpaired) electrons. The van der Waals surface area contributed by atoms with Gasteiger partial charge in [0.1, 0.15) is 16.7 Å². The summed E-state index contributed by atoms with van der Waals surface area (Å²) in [6.45, 7) is 0. The minimum atomic E-state index is -4.14. The van der Waals surface area contributed by atoms with Gasteiger partial charge in [-0.15, -0.1) is 0 Å². The lowest BCUT2D eigenvalue weighted by Gasteiger charge is -2.02. The van der Waals surface area contributed by atoms with Crippen LogP contribution in [0.25, 0.3) is 0 Å². The number of benzene rings is 2. The quantitative estimate of drug-likeness (QED) is 0.688. The summed E-state index contributed by atoms with van der Waals surface area (Å²) in [4.78, 5) is -0.172. The number of hydrogen-bond acceptors (Lipinski definition) is 6. The SMILES string of the molecule is N#C/C(=N\OS(=O)(=O)c1ccc(O)cc1)c1ccccc1. The van der Waals surface area contributed by atoms with Crippen LogP contribution < -0.4 is 0 Å². The Morgan fingerprint density at radius 3 is 2.29 bits per heavy atom. The molecule has 0 atom stereocenters. The molecule has 6 nitrogen and oxygen atoms in total. The van der Waals surface area contributed by atoms with Gasteiger partial charge in [0.25, 0.3) is 0 Å². The normalized spacial score (nSPS) is 11.7. The lowest BCUT2D eigenvalue weighted by molar-refractivity contribution is 0.339. The standard InChI is InChI=1S/C14H10N2O4S/c15-10-14(11-4-2-1-3-5-11)16-20-21(18,19)13-8-6-12(17)7-9-13/h1-9,17H/b16-14+. The molecule has 0 aliphatic carbocycles. The van der Waals surface area contributed by atoms with Crippen LogP contribution in [0.2, 0.25) is 0 Å². The first kappa shape index (κ1) is 14.6. The molecule has 2 aromatic rings. The maximum Gasteiger partial charge on any atom is 0.358 e. The number of rotatable bonds is 4. The van der Waals surface area contributed by atoms with Crippen LogP contribution in [-0.2, 0) is 14.4 Å². The Bertz CT molecular complexity index is 791. The van der Waals surface area contributed by atoms with E-state index in [4.69, 9.17) is 10.4 Å². The summed E-state index contributed by atoms with van der Waals surface area (Å²) >= 11 is 0. The number of phenolic OH excluding ortho intramolecular Hbond substituents is 1. The summed E-state index contributed by atoms with van der Waals surface area (Å²) in [7, 11) is -4.14. The predicted octanol–water partition coefficient (Wildman–Crippen LogP) is 2.03. The van der Waals surface area contributed by atoms with Crippen LogP contribution in [0.15, 0.2) is 64.6 Å². The van der Waals surface area contributed by atoms with Crippen molar-refractivity contribution in [1.29, 1.82) is 5.26 Å². The van der Waals surface area contributed by atoms with Crippen molar-refractivity contribution in [1.82, 2.24) is 0 Å². The average molecular weight is 302 g/mol. The van der Waals surface area contributed by atoms with E-state index in [1.807, 2.05) is 0 Å². The summed E-state index contributed by atoms with van der Waals surface area (Å²) in [6.07, 6.45) is 0. The largest absolute Gasteiger partial charge is 0.508 e. The molecule has 0 saturated carbocycles. The molecule has 1 N–H and O–H groups in total. The first-order valence-electron chi connectivity index (χ1n) is 5.79. The van der Waals surface area contributed by atoms with Crippen molar-refractivity contribution >= 4 is 15.8 Å². The predicted molar refractivity (Wildman–Crippen MR) is 75.0 cm³/mol. The zero-order valence-corrected chi connectivity index (χ0v) is 11.5. The van der Waals surface area contributed by atoms with Crippen molar-refractivity contribution in [2.45, 2.75) is 4.90 Å². The minimum Gasteiger partial charge on any atom is -0.508 e. The van der Waals surface area contributed by atoms with E-state index in [1.54, 1.807) is 36.4 Å². The van der Waals surface area contributed by atoms with Crippen molar-refractivity contribution < 1.29 is 17.8 Å². The van der Waals surface area contributed by atoms with Crippen LogP contribution in [0.4, 0.5) is 0 Å². The molecule has 0 bridgehead atoms. The number of oxime groups is 1. The van der Waals surface area contributed by atoms with Crippen LogP contribution in [0.5, 0.6) is 5.75 Å². The molecule has 21 heavy (non-hydrogen) atoms. The second-order valence-corrected chi connectivity index (χ2v) is 5.47. The maximum absolute atomic E-state index is 11.9. The van der Waals surface area contributed by atoms with Gasteiger partial charge in [0.15, 0.2) is 5.71 Å². The molecular weight excluding hydrogens is 292 g/mol. The Morgan fingerprint density at radius 1 is 1.10 bits per heavy atom. The second-order valence-electron chi connectivity index (χ2n) is 3.94. The molecule has 2 rings (SSSR count). The minimum absolute atomic E-state index is 0.0700. The third kappa shape index (κ3) is 3.58. The van der Waals surface area contributed by atoms with Crippen LogP contribution in [0.1, 0.15) is 5.56 Å². The van der Waals surface area contributed by atoms with Gasteiger partial charge in [-0.3, -0.25) is 4.28 Å². The van der Waals surface area contributed by atoms with E-state index in [9.17, 15) is 8.42 Å². The third-order valence-corrected chi connectivity index (χ3v) is 3.63. The van der Waals surface area contributed by atoms with Gasteiger partial charge in [0.2, 0.25) is 0 Å². The first-order chi connectivity index (χ1) is 10.0. The van der Waals surface area contributed by atoms with Gasteiger partial charge in [-0.2, -0.15) is 13.7 Å². The summed E-state index contributed by atoms with van der Waals surface area (Å²) in [6, 6.07) is 14.9. The molecule has 2 aromatic carbocycles. The van der Waals surface area contributed by atoms with E-state index in [2.05, 4.69) is 9.44 Å². The molecule has 0 fully saturated rings. The highest BCUT2D eigenvalue weighted by atomic mass is 32.2. The number of nitriles is 1. The van der Waals surface area contributed by atoms with Gasteiger partial charge in [-0.25, -0.2) is 0 Å². The second kappa shape index (κ2) is 6.07. The van der Waals surface area contributed by atoms with Gasteiger partial charge in [0, 0.05) is 5.56 Å². The molecule has 0 saturated heterocycles. The summed E-state index contributed by atoms with van der Waals surface area (Å²) in [5, 5.41) is 21.5. The molecule has 0 spiro atoms. The monoisotopic (exact) mass is 302 g/mol. The molecule has 7 heteroatoms. The molecular formula is C14H10N2O4S. The summed E-state index contributed by atoms with van der Waals surface area (Å²) in [5.74, 6) is -0.0700. The zero-order chi connectivity index (χ0) is 15.3. The molecule has 0 amide bonds. The van der Waals surface area contributed by atoms with Crippen molar-refractivity contribution in [2.75, 3.05) is 0 Å². The van der Waals surface area contributed by atoms with Gasteiger partial charge in [-0.1, -0.05) is 35.5 Å². The molecule has 0 aromatic heterocycles. The van der Waals surface area contributed by atoms with E-state index >= 15 is 0 Å². The number of hydrogen-bond donors (Lipinski definition) is 1. The third-order valence-electron chi connectivity index (χ3n) is 2.51. The molecule has 0 aliphatic heterocycles. The highest BCUT2D eigenvalue weighted by Gasteiger charge is 2.16. The maximum atomic E-state index is 11.9. The van der Waals surface area contributed by atoms with Crippen LogP contribution in [-0.4, -0.2) is 19.2 Å². The number of phenols is 1. The van der Waals surface area contributed by atoms with Crippen LogP contribution >= 0.6 is 0 Å². The van der Waals surface area contributed by atoms with Gasteiger partial charge < -0.3 is 5.11 Å². The van der Waals surface area contributed by atoms with Gasteiger partial charge in [-0.05, 0) is 24.3 Å². The fourth-order valence-electron chi connectivity index (χ4n) is 1.48. The fourth-order valence-corrected chi connectivity index (χ4v) is 2.20. The Hall–Kier alpha value is -2.85. The Kier molecular flexibility index (Phi) is 4.21. The fraction of sp³-hybridized carbons (Fsp3) is 0. The van der Waals surface area contributed by atoms with Crippen molar-refractivity contribution in [3.63, 3.8) is 0 Å². The van der Waals surface area contributed by atoms with Gasteiger partial charge in [0.05, 0.1) is 0 Å². The summed E-state index contributed by atoms with van der Waals surface area (Å²) in [5.41, 5.74) is 0.291. The topological polar surface area (TPSA) is 99.8 Å². The van der Waals surface area contributed by atoms with E-state index < -0.39 is 10.1 Å². The Morgan fingerprint density at radius 2 is 1.71 bits per heavy atom. The highest BCUT2D eigenvalue weighted by Crippen LogP contribution is 2.17. The Labute approximate surface area is 121 Å². The highest BCUT2D eigenvalue weighted by molar-refractivity contribution is 7.86. The smallest absolute Gasteiger partial charge is 0.358 e. The van der Waals surface area contributed by atoms with E-state index in [0.29, 0.717) is 5.56 Å².